The van der Waals surface area contributed by atoms with Crippen molar-refractivity contribution in [2.75, 3.05) is 40.9 Å². The lowest BCUT2D eigenvalue weighted by Gasteiger charge is -2.12. The van der Waals surface area contributed by atoms with Crippen LogP contribution in [0.25, 0.3) is 0 Å². The van der Waals surface area contributed by atoms with E-state index >= 15 is 0 Å². The lowest BCUT2D eigenvalue weighted by Crippen LogP contribution is -2.21. The number of hydrogen-bond donors (Lipinski definition) is 1. The molecule has 4 heteroatoms. The van der Waals surface area contributed by atoms with Crippen molar-refractivity contribution in [3.05, 3.63) is 36.4 Å². The minimum atomic E-state index is 0.485. The zero-order valence-electron chi connectivity index (χ0n) is 12.8. The lowest BCUT2D eigenvalue weighted by molar-refractivity contribution is 0.326. The van der Waals surface area contributed by atoms with Crippen LogP contribution in [0.5, 0.6) is 11.5 Å². The van der Waals surface area contributed by atoms with E-state index in [4.69, 9.17) is 9.47 Å². The maximum absolute atomic E-state index is 5.53. The molecule has 0 bridgehead atoms. The van der Waals surface area contributed by atoms with Gasteiger partial charge in [-0.3, -0.25) is 0 Å². The van der Waals surface area contributed by atoms with E-state index in [0.717, 1.165) is 37.6 Å². The Kier molecular flexibility index (Phi) is 7.77. The van der Waals surface area contributed by atoms with Crippen molar-refractivity contribution in [1.29, 1.82) is 0 Å². The van der Waals surface area contributed by atoms with E-state index in [1.807, 2.05) is 12.1 Å². The molecule has 0 saturated heterocycles. The fourth-order valence-electron chi connectivity index (χ4n) is 1.84. The van der Waals surface area contributed by atoms with Crippen LogP contribution in [0.4, 0.5) is 0 Å². The molecule has 0 aromatic heterocycles. The van der Waals surface area contributed by atoms with E-state index < -0.39 is 0 Å². The first-order chi connectivity index (χ1) is 9.67. The van der Waals surface area contributed by atoms with Crippen molar-refractivity contribution in [3.63, 3.8) is 0 Å². The highest BCUT2D eigenvalue weighted by Gasteiger charge is 2.05. The maximum atomic E-state index is 5.53. The van der Waals surface area contributed by atoms with Gasteiger partial charge in [0.15, 0.2) is 11.5 Å². The third kappa shape index (κ3) is 6.08. The van der Waals surface area contributed by atoms with Crippen LogP contribution < -0.4 is 14.8 Å². The number of benzene rings is 1. The second kappa shape index (κ2) is 9.39. The fraction of sp³-hybridized carbons (Fsp3) is 0.500. The third-order valence-corrected chi connectivity index (χ3v) is 2.87. The molecule has 1 aromatic carbocycles. The highest BCUT2D eigenvalue weighted by atomic mass is 16.5. The molecular weight excluding hydrogens is 252 g/mol. The monoisotopic (exact) mass is 278 g/mol. The Morgan fingerprint density at radius 2 is 2.10 bits per heavy atom. The first-order valence-corrected chi connectivity index (χ1v) is 6.93. The number of nitrogens with one attached hydrogen (secondary N) is 1. The van der Waals surface area contributed by atoms with Gasteiger partial charge in [-0.05, 0) is 51.3 Å². The molecule has 0 spiro atoms. The third-order valence-electron chi connectivity index (χ3n) is 2.87. The molecule has 4 nitrogen and oxygen atoms in total. The molecule has 0 aliphatic rings. The number of rotatable bonds is 10. The lowest BCUT2D eigenvalue weighted by atomic mass is 10.2. The molecule has 0 radical (unpaired) electrons. The molecule has 20 heavy (non-hydrogen) atoms. The second-order valence-electron chi connectivity index (χ2n) is 4.92. The van der Waals surface area contributed by atoms with Gasteiger partial charge in [-0.1, -0.05) is 18.7 Å². The van der Waals surface area contributed by atoms with Crippen LogP contribution in [-0.4, -0.2) is 45.8 Å². The Labute approximate surface area is 122 Å². The van der Waals surface area contributed by atoms with Gasteiger partial charge in [0, 0.05) is 6.54 Å². The van der Waals surface area contributed by atoms with Gasteiger partial charge in [-0.25, -0.2) is 0 Å². The van der Waals surface area contributed by atoms with Crippen LogP contribution >= 0.6 is 0 Å². The van der Waals surface area contributed by atoms with Crippen LogP contribution in [0.1, 0.15) is 12.0 Å². The van der Waals surface area contributed by atoms with Gasteiger partial charge >= 0.3 is 0 Å². The van der Waals surface area contributed by atoms with Gasteiger partial charge in [0.05, 0.1) is 7.11 Å². The molecule has 1 aromatic rings. The summed E-state index contributed by atoms with van der Waals surface area (Å²) in [7, 11) is 5.84. The first kappa shape index (κ1) is 16.5. The van der Waals surface area contributed by atoms with Crippen molar-refractivity contribution < 1.29 is 9.47 Å². The van der Waals surface area contributed by atoms with Crippen molar-refractivity contribution in [2.24, 2.45) is 0 Å². The molecule has 0 fully saturated rings. The highest BCUT2D eigenvalue weighted by Crippen LogP contribution is 2.27. The number of ether oxygens (including phenoxy) is 2. The molecule has 112 valence electrons. The predicted octanol–water partition coefficient (Wildman–Crippen LogP) is 2.30. The van der Waals surface area contributed by atoms with E-state index in [2.05, 4.69) is 37.0 Å². The normalized spacial score (nSPS) is 10.6. The van der Waals surface area contributed by atoms with Gasteiger partial charge in [0.1, 0.15) is 6.61 Å². The van der Waals surface area contributed by atoms with Gasteiger partial charge in [-0.2, -0.15) is 0 Å². The molecule has 0 aliphatic heterocycles. The molecule has 1 N–H and O–H groups in total. The number of nitrogens with zero attached hydrogens (tertiary/aromatic N) is 1. The van der Waals surface area contributed by atoms with Crippen LogP contribution in [0.15, 0.2) is 30.9 Å². The minimum absolute atomic E-state index is 0.485. The average molecular weight is 278 g/mol. The van der Waals surface area contributed by atoms with Gasteiger partial charge < -0.3 is 19.7 Å². The summed E-state index contributed by atoms with van der Waals surface area (Å²) < 4.78 is 10.9. The standard InChI is InChI=1S/C16H26N2O2/c1-5-11-20-15-8-7-14(12-16(15)19-4)13-17-9-6-10-18(2)3/h5,7-8,12,17H,1,6,9-11,13H2,2-4H3. The number of methoxy groups -OCH3 is 1. The largest absolute Gasteiger partial charge is 0.493 e. The average Bonchev–Trinajstić information content (AvgIpc) is 2.44. The smallest absolute Gasteiger partial charge is 0.161 e. The quantitative estimate of drug-likeness (QED) is 0.526. The fourth-order valence-corrected chi connectivity index (χ4v) is 1.84. The van der Waals surface area contributed by atoms with Crippen LogP contribution in [0.2, 0.25) is 0 Å². The summed E-state index contributed by atoms with van der Waals surface area (Å²) in [4.78, 5) is 2.19. The van der Waals surface area contributed by atoms with E-state index in [0.29, 0.717) is 6.61 Å². The summed E-state index contributed by atoms with van der Waals surface area (Å²) >= 11 is 0. The van der Waals surface area contributed by atoms with Crippen LogP contribution in [-0.2, 0) is 6.54 Å². The Morgan fingerprint density at radius 3 is 2.75 bits per heavy atom. The molecule has 0 heterocycles. The van der Waals surface area contributed by atoms with Crippen LogP contribution in [0.3, 0.4) is 0 Å². The minimum Gasteiger partial charge on any atom is -0.493 e. The Hall–Kier alpha value is -1.52. The first-order valence-electron chi connectivity index (χ1n) is 6.93. The molecular formula is C16H26N2O2. The molecule has 0 unspecified atom stereocenters. The topological polar surface area (TPSA) is 33.7 Å². The Morgan fingerprint density at radius 1 is 1.30 bits per heavy atom. The van der Waals surface area contributed by atoms with Crippen molar-refractivity contribution in [2.45, 2.75) is 13.0 Å². The van der Waals surface area contributed by atoms with Gasteiger partial charge in [0.25, 0.3) is 0 Å². The Balaban J connectivity index is 2.44. The summed E-state index contributed by atoms with van der Waals surface area (Å²) in [5.74, 6) is 1.52. The second-order valence-corrected chi connectivity index (χ2v) is 4.92. The SMILES string of the molecule is C=CCOc1ccc(CNCCCN(C)C)cc1OC. The van der Waals surface area contributed by atoms with Gasteiger partial charge in [0.2, 0.25) is 0 Å². The molecule has 0 atom stereocenters. The maximum Gasteiger partial charge on any atom is 0.161 e. The van der Waals surface area contributed by atoms with Crippen molar-refractivity contribution >= 4 is 0 Å². The summed E-state index contributed by atoms with van der Waals surface area (Å²) in [6.07, 6.45) is 2.87. The zero-order chi connectivity index (χ0) is 14.8. The summed E-state index contributed by atoms with van der Waals surface area (Å²) in [5.41, 5.74) is 1.19. The molecule has 0 amide bonds. The highest BCUT2D eigenvalue weighted by molar-refractivity contribution is 5.43. The summed E-state index contributed by atoms with van der Waals surface area (Å²) in [5, 5.41) is 3.43. The van der Waals surface area contributed by atoms with Crippen LogP contribution in [0, 0.1) is 0 Å². The molecule has 0 aliphatic carbocycles. The van der Waals surface area contributed by atoms with E-state index in [1.54, 1.807) is 13.2 Å². The van der Waals surface area contributed by atoms with E-state index in [1.165, 1.54) is 5.56 Å². The Bertz CT molecular complexity index is 405. The predicted molar refractivity (Wildman–Crippen MR) is 83.6 cm³/mol. The van der Waals surface area contributed by atoms with Gasteiger partial charge in [-0.15, -0.1) is 0 Å². The molecule has 0 saturated carbocycles. The zero-order valence-corrected chi connectivity index (χ0v) is 12.8. The number of hydrogen-bond acceptors (Lipinski definition) is 4. The molecule has 1 rings (SSSR count). The van der Waals surface area contributed by atoms with E-state index in [-0.39, 0.29) is 0 Å². The summed E-state index contributed by atoms with van der Waals surface area (Å²) in [6.45, 7) is 7.07. The summed E-state index contributed by atoms with van der Waals surface area (Å²) in [6, 6.07) is 6.01. The van der Waals surface area contributed by atoms with Crippen molar-refractivity contribution in [1.82, 2.24) is 10.2 Å². The van der Waals surface area contributed by atoms with Crippen molar-refractivity contribution in [3.8, 4) is 11.5 Å². The van der Waals surface area contributed by atoms with E-state index in [9.17, 15) is 0 Å².